The highest BCUT2D eigenvalue weighted by Gasteiger charge is 2.28. The Morgan fingerprint density at radius 2 is 1.64 bits per heavy atom. The topological polar surface area (TPSA) is 63.2 Å². The summed E-state index contributed by atoms with van der Waals surface area (Å²) in [6, 6.07) is 3.49. The van der Waals surface area contributed by atoms with Crippen molar-refractivity contribution in [2.24, 2.45) is 0 Å². The molecule has 126 valence electrons. The van der Waals surface area contributed by atoms with E-state index in [1.807, 2.05) is 12.1 Å². The van der Waals surface area contributed by atoms with E-state index in [-0.39, 0.29) is 25.1 Å². The lowest BCUT2D eigenvalue weighted by Crippen LogP contribution is -2.46. The number of hydrogen-bond acceptors (Lipinski definition) is 6. The van der Waals surface area contributed by atoms with Gasteiger partial charge in [0.15, 0.2) is 0 Å². The lowest BCUT2D eigenvalue weighted by atomic mass is 10.0. The van der Waals surface area contributed by atoms with Crippen LogP contribution in [0.2, 0.25) is 0 Å². The molecule has 1 fully saturated rings. The molecule has 1 saturated heterocycles. The molecule has 1 aromatic carbocycles. The van der Waals surface area contributed by atoms with E-state index in [2.05, 4.69) is 10.2 Å². The predicted octanol–water partition coefficient (Wildman–Crippen LogP) is 1.07. The lowest BCUT2D eigenvalue weighted by Gasteiger charge is -2.35. The molecule has 0 amide bonds. The molecule has 1 aliphatic heterocycles. The summed E-state index contributed by atoms with van der Waals surface area (Å²) in [7, 11) is 4.83. The van der Waals surface area contributed by atoms with Crippen molar-refractivity contribution in [2.75, 3.05) is 54.1 Å². The van der Waals surface area contributed by atoms with Gasteiger partial charge in [-0.25, -0.2) is 0 Å². The fourth-order valence-corrected chi connectivity index (χ4v) is 2.74. The van der Waals surface area contributed by atoms with Crippen LogP contribution in [0.5, 0.6) is 17.2 Å². The van der Waals surface area contributed by atoms with Gasteiger partial charge >= 0.3 is 0 Å². The summed E-state index contributed by atoms with van der Waals surface area (Å²) in [5, 5.41) is 13.2. The lowest BCUT2D eigenvalue weighted by molar-refractivity contribution is 0.106. The van der Waals surface area contributed by atoms with Crippen molar-refractivity contribution >= 4 is 12.4 Å². The first-order chi connectivity index (χ1) is 10.2. The molecule has 0 radical (unpaired) electrons. The zero-order chi connectivity index (χ0) is 15.2. The maximum Gasteiger partial charge on any atom is 0.131 e. The number of piperazine rings is 1. The Balaban J connectivity index is 0.00000242. The minimum Gasteiger partial charge on any atom is -0.496 e. The Kier molecular flexibility index (Phi) is 7.75. The Morgan fingerprint density at radius 1 is 1.09 bits per heavy atom. The maximum atomic E-state index is 9.89. The van der Waals surface area contributed by atoms with Gasteiger partial charge in [-0.15, -0.1) is 12.4 Å². The van der Waals surface area contributed by atoms with Crippen molar-refractivity contribution in [2.45, 2.75) is 6.04 Å². The molecule has 0 unspecified atom stereocenters. The predicted molar refractivity (Wildman–Crippen MR) is 87.6 cm³/mol. The van der Waals surface area contributed by atoms with Gasteiger partial charge in [0, 0.05) is 38.3 Å². The van der Waals surface area contributed by atoms with Crippen LogP contribution in [-0.2, 0) is 0 Å². The highest BCUT2D eigenvalue weighted by Crippen LogP contribution is 2.40. The summed E-state index contributed by atoms with van der Waals surface area (Å²) < 4.78 is 16.2. The summed E-state index contributed by atoms with van der Waals surface area (Å²) in [6.45, 7) is 3.60. The van der Waals surface area contributed by atoms with E-state index in [0.717, 1.165) is 31.7 Å². The molecule has 7 heteroatoms. The molecule has 22 heavy (non-hydrogen) atoms. The third-order valence-electron chi connectivity index (χ3n) is 3.85. The van der Waals surface area contributed by atoms with E-state index in [4.69, 9.17) is 14.2 Å². The monoisotopic (exact) mass is 332 g/mol. The van der Waals surface area contributed by atoms with Crippen LogP contribution in [0.1, 0.15) is 11.6 Å². The van der Waals surface area contributed by atoms with Gasteiger partial charge in [-0.2, -0.15) is 0 Å². The van der Waals surface area contributed by atoms with Crippen LogP contribution in [0.25, 0.3) is 0 Å². The molecule has 6 nitrogen and oxygen atoms in total. The third kappa shape index (κ3) is 3.95. The van der Waals surface area contributed by atoms with Crippen LogP contribution in [0, 0.1) is 0 Å². The smallest absolute Gasteiger partial charge is 0.131 e. The van der Waals surface area contributed by atoms with E-state index in [0.29, 0.717) is 17.2 Å². The minimum atomic E-state index is -0.150. The summed E-state index contributed by atoms with van der Waals surface area (Å²) in [4.78, 5) is 2.24. The largest absolute Gasteiger partial charge is 0.496 e. The summed E-state index contributed by atoms with van der Waals surface area (Å²) in [6.07, 6.45) is 0. The normalized spacial score (nSPS) is 16.5. The fraction of sp³-hybridized carbons (Fsp3) is 0.600. The van der Waals surface area contributed by atoms with Crippen molar-refractivity contribution in [1.29, 1.82) is 0 Å². The van der Waals surface area contributed by atoms with Crippen molar-refractivity contribution in [1.82, 2.24) is 10.2 Å². The first-order valence-corrected chi connectivity index (χ1v) is 7.10. The van der Waals surface area contributed by atoms with Gasteiger partial charge in [-0.05, 0) is 0 Å². The first-order valence-electron chi connectivity index (χ1n) is 7.10. The Bertz CT molecular complexity index is 442. The van der Waals surface area contributed by atoms with Gasteiger partial charge in [-0.3, -0.25) is 4.90 Å². The minimum absolute atomic E-state index is 0. The van der Waals surface area contributed by atoms with E-state index in [1.54, 1.807) is 21.3 Å². The molecule has 0 bridgehead atoms. The average molecular weight is 333 g/mol. The van der Waals surface area contributed by atoms with Crippen LogP contribution < -0.4 is 19.5 Å². The molecular weight excluding hydrogens is 308 g/mol. The van der Waals surface area contributed by atoms with Gasteiger partial charge in [-0.1, -0.05) is 0 Å². The molecule has 0 spiro atoms. The van der Waals surface area contributed by atoms with Crippen LogP contribution in [0.3, 0.4) is 0 Å². The van der Waals surface area contributed by atoms with Crippen LogP contribution in [0.15, 0.2) is 12.1 Å². The van der Waals surface area contributed by atoms with Crippen LogP contribution in [-0.4, -0.2) is 64.1 Å². The number of nitrogens with zero attached hydrogens (tertiary/aromatic N) is 1. The van der Waals surface area contributed by atoms with E-state index < -0.39 is 0 Å². The third-order valence-corrected chi connectivity index (χ3v) is 3.85. The van der Waals surface area contributed by atoms with Crippen molar-refractivity contribution in [3.63, 3.8) is 0 Å². The maximum absolute atomic E-state index is 9.89. The molecule has 2 N–H and O–H groups in total. The standard InChI is InChI=1S/C15H24N2O4.ClH/c1-19-11-8-13(20-2)15(14(9-11)21-3)12(10-18)17-6-4-16-5-7-17;/h8-9,12,16,18H,4-7,10H2,1-3H3;1H/t12-;/m1./s1. The van der Waals surface area contributed by atoms with Crippen LogP contribution in [0.4, 0.5) is 0 Å². The highest BCUT2D eigenvalue weighted by molar-refractivity contribution is 5.85. The second-order valence-electron chi connectivity index (χ2n) is 4.93. The van der Waals surface area contributed by atoms with E-state index in [1.165, 1.54) is 0 Å². The number of aliphatic hydroxyl groups excluding tert-OH is 1. The molecule has 0 aliphatic carbocycles. The quantitative estimate of drug-likeness (QED) is 0.812. The zero-order valence-corrected chi connectivity index (χ0v) is 14.1. The average Bonchev–Trinajstić information content (AvgIpc) is 2.56. The second-order valence-corrected chi connectivity index (χ2v) is 4.93. The Morgan fingerprint density at radius 3 is 2.05 bits per heavy atom. The summed E-state index contributed by atoms with van der Waals surface area (Å²) >= 11 is 0. The van der Waals surface area contributed by atoms with Gasteiger partial charge in [0.1, 0.15) is 17.2 Å². The fourth-order valence-electron chi connectivity index (χ4n) is 2.74. The van der Waals surface area contributed by atoms with Gasteiger partial charge in [0.2, 0.25) is 0 Å². The molecule has 1 heterocycles. The number of aliphatic hydroxyl groups is 1. The molecule has 1 aliphatic rings. The zero-order valence-electron chi connectivity index (χ0n) is 13.3. The number of methoxy groups -OCH3 is 3. The number of benzene rings is 1. The molecule has 1 aromatic rings. The van der Waals surface area contributed by atoms with Crippen molar-refractivity contribution in [3.05, 3.63) is 17.7 Å². The van der Waals surface area contributed by atoms with Crippen LogP contribution >= 0.6 is 12.4 Å². The number of nitrogens with one attached hydrogen (secondary N) is 1. The SMILES string of the molecule is COc1cc(OC)c([C@@H](CO)N2CCNCC2)c(OC)c1.Cl. The molecule has 1 atom stereocenters. The summed E-state index contributed by atoms with van der Waals surface area (Å²) in [5.41, 5.74) is 0.866. The number of ether oxygens (including phenoxy) is 3. The van der Waals surface area contributed by atoms with E-state index >= 15 is 0 Å². The van der Waals surface area contributed by atoms with Crippen molar-refractivity contribution < 1.29 is 19.3 Å². The van der Waals surface area contributed by atoms with Gasteiger partial charge in [0.25, 0.3) is 0 Å². The number of hydrogen-bond donors (Lipinski definition) is 2. The van der Waals surface area contributed by atoms with Crippen molar-refractivity contribution in [3.8, 4) is 17.2 Å². The highest BCUT2D eigenvalue weighted by atomic mass is 35.5. The van der Waals surface area contributed by atoms with E-state index in [9.17, 15) is 5.11 Å². The molecule has 0 saturated carbocycles. The molecule has 0 aromatic heterocycles. The summed E-state index contributed by atoms with van der Waals surface area (Å²) in [5.74, 6) is 2.01. The van der Waals surface area contributed by atoms with Gasteiger partial charge in [0.05, 0.1) is 39.5 Å². The number of rotatable bonds is 6. The Labute approximate surface area is 137 Å². The number of halogens is 1. The Hall–Kier alpha value is -1.21. The first kappa shape index (κ1) is 18.8. The molecule has 2 rings (SSSR count). The molecular formula is C15H25ClN2O4. The second kappa shape index (κ2) is 9.05. The van der Waals surface area contributed by atoms with Gasteiger partial charge < -0.3 is 24.6 Å².